The van der Waals surface area contributed by atoms with Crippen LogP contribution in [0.3, 0.4) is 0 Å². The molecule has 1 saturated heterocycles. The summed E-state index contributed by atoms with van der Waals surface area (Å²) in [5.74, 6) is 0.0258. The molecule has 1 aromatic carbocycles. The number of amides is 1. The molecule has 1 aliphatic rings. The molecule has 104 valence electrons. The first kappa shape index (κ1) is 14.8. The van der Waals surface area contributed by atoms with Crippen molar-refractivity contribution in [3.05, 3.63) is 33.3 Å². The molecule has 19 heavy (non-hydrogen) atoms. The summed E-state index contributed by atoms with van der Waals surface area (Å²) >= 11 is 9.52. The van der Waals surface area contributed by atoms with Crippen LogP contribution < -0.4 is 0 Å². The highest BCUT2D eigenvalue weighted by Gasteiger charge is 2.27. The number of hydrogen-bond donors (Lipinski definition) is 0. The molecule has 0 aromatic heterocycles. The standard InChI is InChI=1S/C14H18BrClN2O/c1-3-11-9-18(7-6-17(11)2)14(19)12-8-10(15)4-5-13(12)16/h4-5,8,11H,3,6-7,9H2,1-2H3. The van der Waals surface area contributed by atoms with Gasteiger partial charge in [0, 0.05) is 30.1 Å². The van der Waals surface area contributed by atoms with Crippen molar-refractivity contribution in [3.63, 3.8) is 0 Å². The van der Waals surface area contributed by atoms with Crippen LogP contribution >= 0.6 is 27.5 Å². The Morgan fingerprint density at radius 2 is 2.21 bits per heavy atom. The summed E-state index contributed by atoms with van der Waals surface area (Å²) in [5, 5.41) is 0.514. The molecule has 1 aromatic rings. The lowest BCUT2D eigenvalue weighted by atomic mass is 10.1. The average Bonchev–Trinajstić information content (AvgIpc) is 2.41. The van der Waals surface area contributed by atoms with E-state index in [9.17, 15) is 4.79 Å². The van der Waals surface area contributed by atoms with E-state index >= 15 is 0 Å². The summed E-state index contributed by atoms with van der Waals surface area (Å²) in [7, 11) is 2.11. The fourth-order valence-corrected chi connectivity index (χ4v) is 2.96. The van der Waals surface area contributed by atoms with Crippen LogP contribution in [0.2, 0.25) is 5.02 Å². The second-order valence-electron chi connectivity index (χ2n) is 4.92. The predicted octanol–water partition coefficient (Wildman–Crippen LogP) is 3.27. The van der Waals surface area contributed by atoms with Gasteiger partial charge in [0.05, 0.1) is 10.6 Å². The second kappa shape index (κ2) is 6.25. The first-order valence-electron chi connectivity index (χ1n) is 6.47. The van der Waals surface area contributed by atoms with Gasteiger partial charge in [-0.1, -0.05) is 34.5 Å². The Morgan fingerprint density at radius 3 is 2.89 bits per heavy atom. The van der Waals surface area contributed by atoms with E-state index in [0.29, 0.717) is 16.6 Å². The zero-order valence-corrected chi connectivity index (χ0v) is 13.5. The van der Waals surface area contributed by atoms with Crippen molar-refractivity contribution in [1.29, 1.82) is 0 Å². The number of benzene rings is 1. The fourth-order valence-electron chi connectivity index (χ4n) is 2.40. The third kappa shape index (κ3) is 3.30. The molecular formula is C14H18BrClN2O. The van der Waals surface area contributed by atoms with Crippen molar-refractivity contribution in [2.24, 2.45) is 0 Å². The largest absolute Gasteiger partial charge is 0.336 e. The summed E-state index contributed by atoms with van der Waals surface area (Å²) in [4.78, 5) is 16.8. The summed E-state index contributed by atoms with van der Waals surface area (Å²) in [5.41, 5.74) is 0.579. The van der Waals surface area contributed by atoms with Crippen LogP contribution in [0.1, 0.15) is 23.7 Å². The van der Waals surface area contributed by atoms with Crippen molar-refractivity contribution in [2.45, 2.75) is 19.4 Å². The highest BCUT2D eigenvalue weighted by atomic mass is 79.9. The lowest BCUT2D eigenvalue weighted by molar-refractivity contribution is 0.0542. The average molecular weight is 346 g/mol. The van der Waals surface area contributed by atoms with E-state index in [1.165, 1.54) is 0 Å². The molecule has 1 fully saturated rings. The van der Waals surface area contributed by atoms with Gasteiger partial charge in [0.2, 0.25) is 0 Å². The number of piperazine rings is 1. The van der Waals surface area contributed by atoms with Gasteiger partial charge in [0.15, 0.2) is 0 Å². The SMILES string of the molecule is CCC1CN(C(=O)c2cc(Br)ccc2Cl)CCN1C. The van der Waals surface area contributed by atoms with Gasteiger partial charge in [-0.2, -0.15) is 0 Å². The van der Waals surface area contributed by atoms with Crippen molar-refractivity contribution in [1.82, 2.24) is 9.80 Å². The summed E-state index contributed by atoms with van der Waals surface area (Å²) < 4.78 is 0.876. The molecule has 1 heterocycles. The van der Waals surface area contributed by atoms with E-state index < -0.39 is 0 Å². The zero-order valence-electron chi connectivity index (χ0n) is 11.2. The van der Waals surface area contributed by atoms with E-state index in [1.54, 1.807) is 12.1 Å². The molecule has 0 N–H and O–H groups in total. The molecule has 2 rings (SSSR count). The van der Waals surface area contributed by atoms with Gasteiger partial charge >= 0.3 is 0 Å². The predicted molar refractivity (Wildman–Crippen MR) is 81.8 cm³/mol. The van der Waals surface area contributed by atoms with Gasteiger partial charge in [-0.05, 0) is 31.7 Å². The van der Waals surface area contributed by atoms with Gasteiger partial charge in [-0.15, -0.1) is 0 Å². The van der Waals surface area contributed by atoms with Crippen molar-refractivity contribution in [2.75, 3.05) is 26.7 Å². The van der Waals surface area contributed by atoms with Gasteiger partial charge in [-0.25, -0.2) is 0 Å². The van der Waals surface area contributed by atoms with Gasteiger partial charge in [0.25, 0.3) is 5.91 Å². The zero-order chi connectivity index (χ0) is 14.0. The minimum Gasteiger partial charge on any atom is -0.336 e. The van der Waals surface area contributed by atoms with Crippen molar-refractivity contribution >= 4 is 33.4 Å². The minimum absolute atomic E-state index is 0.0258. The number of rotatable bonds is 2. The second-order valence-corrected chi connectivity index (χ2v) is 6.24. The van der Waals surface area contributed by atoms with Gasteiger partial charge in [0.1, 0.15) is 0 Å². The van der Waals surface area contributed by atoms with E-state index in [-0.39, 0.29) is 5.91 Å². The monoisotopic (exact) mass is 344 g/mol. The molecule has 0 bridgehead atoms. The highest BCUT2D eigenvalue weighted by molar-refractivity contribution is 9.10. The van der Waals surface area contributed by atoms with Crippen molar-refractivity contribution < 1.29 is 4.79 Å². The maximum absolute atomic E-state index is 12.5. The van der Waals surface area contributed by atoms with E-state index in [0.717, 1.165) is 30.5 Å². The Bertz CT molecular complexity index is 481. The van der Waals surface area contributed by atoms with Crippen LogP contribution in [0.4, 0.5) is 0 Å². The Balaban J connectivity index is 2.18. The van der Waals surface area contributed by atoms with E-state index in [4.69, 9.17) is 11.6 Å². The van der Waals surface area contributed by atoms with Crippen LogP contribution in [0.5, 0.6) is 0 Å². The minimum atomic E-state index is 0.0258. The third-order valence-electron chi connectivity index (χ3n) is 3.69. The Labute approximate surface area is 127 Å². The Morgan fingerprint density at radius 1 is 1.47 bits per heavy atom. The molecule has 1 unspecified atom stereocenters. The van der Waals surface area contributed by atoms with Crippen LogP contribution in [-0.2, 0) is 0 Å². The molecule has 0 radical (unpaired) electrons. The summed E-state index contributed by atoms with van der Waals surface area (Å²) in [6.07, 6.45) is 1.05. The lowest BCUT2D eigenvalue weighted by Gasteiger charge is -2.39. The van der Waals surface area contributed by atoms with Gasteiger partial charge in [-0.3, -0.25) is 9.69 Å². The van der Waals surface area contributed by atoms with Gasteiger partial charge < -0.3 is 4.90 Å². The smallest absolute Gasteiger partial charge is 0.255 e. The highest BCUT2D eigenvalue weighted by Crippen LogP contribution is 2.23. The Hall–Kier alpha value is -0.580. The fraction of sp³-hybridized carbons (Fsp3) is 0.500. The van der Waals surface area contributed by atoms with Crippen molar-refractivity contribution in [3.8, 4) is 0 Å². The van der Waals surface area contributed by atoms with E-state index in [2.05, 4.69) is 34.8 Å². The first-order chi connectivity index (χ1) is 9.02. The topological polar surface area (TPSA) is 23.6 Å². The molecule has 5 heteroatoms. The maximum atomic E-state index is 12.5. The molecule has 0 aliphatic carbocycles. The number of carbonyl (C=O) groups is 1. The normalized spacial score (nSPS) is 20.6. The summed E-state index contributed by atoms with van der Waals surface area (Å²) in [6, 6.07) is 5.83. The first-order valence-corrected chi connectivity index (χ1v) is 7.64. The Kier molecular flexibility index (Phi) is 4.87. The molecule has 1 atom stereocenters. The lowest BCUT2D eigenvalue weighted by Crippen LogP contribution is -2.53. The molecule has 3 nitrogen and oxygen atoms in total. The number of halogens is 2. The molecular weight excluding hydrogens is 328 g/mol. The summed E-state index contributed by atoms with van der Waals surface area (Å²) in [6.45, 7) is 4.60. The number of nitrogens with zero attached hydrogens (tertiary/aromatic N) is 2. The quantitative estimate of drug-likeness (QED) is 0.821. The number of hydrogen-bond acceptors (Lipinski definition) is 2. The molecule has 0 spiro atoms. The molecule has 0 saturated carbocycles. The molecule has 1 aliphatic heterocycles. The van der Waals surface area contributed by atoms with Crippen LogP contribution in [-0.4, -0.2) is 48.4 Å². The van der Waals surface area contributed by atoms with E-state index in [1.807, 2.05) is 11.0 Å². The van der Waals surface area contributed by atoms with Crippen LogP contribution in [0.25, 0.3) is 0 Å². The van der Waals surface area contributed by atoms with Crippen LogP contribution in [0.15, 0.2) is 22.7 Å². The molecule has 1 amide bonds. The number of carbonyl (C=O) groups excluding carboxylic acids is 1. The maximum Gasteiger partial charge on any atom is 0.255 e. The third-order valence-corrected chi connectivity index (χ3v) is 4.52. The van der Waals surface area contributed by atoms with Crippen LogP contribution in [0, 0.1) is 0 Å². The number of likely N-dealkylation sites (N-methyl/N-ethyl adjacent to an activating group) is 1.